The second-order valence-corrected chi connectivity index (χ2v) is 3.88. The number of nitrogens with zero attached hydrogens (tertiary/aromatic N) is 1. The van der Waals surface area contributed by atoms with Gasteiger partial charge in [0.05, 0.1) is 22.4 Å². The summed E-state index contributed by atoms with van der Waals surface area (Å²) in [7, 11) is 0. The van der Waals surface area contributed by atoms with Crippen LogP contribution in [0.3, 0.4) is 0 Å². The van der Waals surface area contributed by atoms with E-state index in [1.165, 1.54) is 5.56 Å². The van der Waals surface area contributed by atoms with Crippen LogP contribution in [0.5, 0.6) is 0 Å². The lowest BCUT2D eigenvalue weighted by Gasteiger charge is -2.07. The van der Waals surface area contributed by atoms with Gasteiger partial charge >= 0.3 is 0 Å². The maximum absolute atomic E-state index is 6.12. The maximum Gasteiger partial charge on any atom is 0.0747 e. The van der Waals surface area contributed by atoms with E-state index in [9.17, 15) is 0 Å². The summed E-state index contributed by atoms with van der Waals surface area (Å²) < 4.78 is 0. The van der Waals surface area contributed by atoms with Crippen LogP contribution in [-0.2, 0) is 0 Å². The van der Waals surface area contributed by atoms with Crippen LogP contribution in [0.15, 0.2) is 18.3 Å². The SMILES string of the molecule is Cc1cc(C)c2c(Cl)c(N)cnc2c1. The van der Waals surface area contributed by atoms with Crippen molar-refractivity contribution in [3.05, 3.63) is 34.5 Å². The second-order valence-electron chi connectivity index (χ2n) is 3.50. The van der Waals surface area contributed by atoms with Gasteiger partial charge in [0.25, 0.3) is 0 Å². The summed E-state index contributed by atoms with van der Waals surface area (Å²) in [6.07, 6.45) is 1.60. The van der Waals surface area contributed by atoms with Crippen LogP contribution in [0.1, 0.15) is 11.1 Å². The predicted molar refractivity (Wildman–Crippen MR) is 60.6 cm³/mol. The monoisotopic (exact) mass is 206 g/mol. The van der Waals surface area contributed by atoms with Gasteiger partial charge in [-0.15, -0.1) is 0 Å². The Morgan fingerprint density at radius 2 is 2.00 bits per heavy atom. The molecule has 72 valence electrons. The lowest BCUT2D eigenvalue weighted by atomic mass is 10.1. The fraction of sp³-hybridized carbons (Fsp3) is 0.182. The van der Waals surface area contributed by atoms with Crippen LogP contribution in [0.4, 0.5) is 5.69 Å². The first-order valence-corrected chi connectivity index (χ1v) is 4.78. The zero-order valence-corrected chi connectivity index (χ0v) is 8.89. The molecule has 0 atom stereocenters. The van der Waals surface area contributed by atoms with Gasteiger partial charge in [-0.1, -0.05) is 17.7 Å². The average Bonchev–Trinajstić information content (AvgIpc) is 2.10. The number of pyridine rings is 1. The highest BCUT2D eigenvalue weighted by molar-refractivity contribution is 6.38. The number of rotatable bonds is 0. The molecule has 2 N–H and O–H groups in total. The quantitative estimate of drug-likeness (QED) is 0.720. The average molecular weight is 207 g/mol. The molecule has 0 aliphatic heterocycles. The van der Waals surface area contributed by atoms with Gasteiger partial charge in [0, 0.05) is 5.39 Å². The number of nitrogens with two attached hydrogens (primary N) is 1. The number of hydrogen-bond donors (Lipinski definition) is 1. The van der Waals surface area contributed by atoms with E-state index >= 15 is 0 Å². The summed E-state index contributed by atoms with van der Waals surface area (Å²) in [6.45, 7) is 4.06. The molecule has 0 unspecified atom stereocenters. The normalized spacial score (nSPS) is 10.8. The molecule has 1 aromatic heterocycles. The van der Waals surface area contributed by atoms with E-state index in [1.54, 1.807) is 6.20 Å². The van der Waals surface area contributed by atoms with Gasteiger partial charge in [-0.3, -0.25) is 4.98 Å². The van der Waals surface area contributed by atoms with Gasteiger partial charge in [0.15, 0.2) is 0 Å². The Bertz CT molecular complexity index is 506. The molecule has 0 radical (unpaired) electrons. The second kappa shape index (κ2) is 3.14. The fourth-order valence-electron chi connectivity index (χ4n) is 1.67. The summed E-state index contributed by atoms with van der Waals surface area (Å²) in [4.78, 5) is 4.25. The summed E-state index contributed by atoms with van der Waals surface area (Å²) in [5.74, 6) is 0. The largest absolute Gasteiger partial charge is 0.396 e. The van der Waals surface area contributed by atoms with E-state index in [-0.39, 0.29) is 0 Å². The summed E-state index contributed by atoms with van der Waals surface area (Å²) in [5, 5.41) is 1.56. The molecule has 0 saturated heterocycles. The number of aryl methyl sites for hydroxylation is 2. The van der Waals surface area contributed by atoms with Crippen molar-refractivity contribution >= 4 is 28.2 Å². The van der Waals surface area contributed by atoms with Crippen LogP contribution in [0, 0.1) is 13.8 Å². The van der Waals surface area contributed by atoms with Crippen LogP contribution in [0.25, 0.3) is 10.9 Å². The first-order valence-electron chi connectivity index (χ1n) is 4.40. The predicted octanol–water partition coefficient (Wildman–Crippen LogP) is 3.09. The van der Waals surface area contributed by atoms with Crippen molar-refractivity contribution in [2.45, 2.75) is 13.8 Å². The summed E-state index contributed by atoms with van der Waals surface area (Å²) in [5.41, 5.74) is 9.44. The molecule has 0 saturated carbocycles. The zero-order chi connectivity index (χ0) is 10.3. The molecule has 1 heterocycles. The van der Waals surface area contributed by atoms with Crippen molar-refractivity contribution in [3.63, 3.8) is 0 Å². The first kappa shape index (κ1) is 9.28. The van der Waals surface area contributed by atoms with Crippen LogP contribution in [-0.4, -0.2) is 4.98 Å². The Morgan fingerprint density at radius 3 is 2.71 bits per heavy atom. The van der Waals surface area contributed by atoms with Crippen LogP contribution in [0.2, 0.25) is 5.02 Å². The Morgan fingerprint density at radius 1 is 1.29 bits per heavy atom. The van der Waals surface area contributed by atoms with E-state index in [2.05, 4.69) is 11.1 Å². The fourth-order valence-corrected chi connectivity index (χ4v) is 1.97. The topological polar surface area (TPSA) is 38.9 Å². The van der Waals surface area contributed by atoms with Gasteiger partial charge in [0.2, 0.25) is 0 Å². The van der Waals surface area contributed by atoms with Crippen molar-refractivity contribution < 1.29 is 0 Å². The molecule has 2 rings (SSSR count). The summed E-state index contributed by atoms with van der Waals surface area (Å²) >= 11 is 6.12. The Balaban J connectivity index is 2.95. The highest BCUT2D eigenvalue weighted by Gasteiger charge is 2.07. The van der Waals surface area contributed by atoms with Crippen molar-refractivity contribution in [1.82, 2.24) is 4.98 Å². The van der Waals surface area contributed by atoms with Crippen LogP contribution >= 0.6 is 11.6 Å². The Labute approximate surface area is 87.7 Å². The van der Waals surface area contributed by atoms with Crippen molar-refractivity contribution in [3.8, 4) is 0 Å². The molecule has 1 aromatic carbocycles. The smallest absolute Gasteiger partial charge is 0.0747 e. The first-order chi connectivity index (χ1) is 6.59. The van der Waals surface area contributed by atoms with E-state index in [1.807, 2.05) is 19.9 Å². The molecule has 2 aromatic rings. The molecule has 0 amide bonds. The molecule has 0 fully saturated rings. The maximum atomic E-state index is 6.12. The number of halogens is 1. The zero-order valence-electron chi connectivity index (χ0n) is 8.13. The van der Waals surface area contributed by atoms with Gasteiger partial charge in [-0.2, -0.15) is 0 Å². The van der Waals surface area contributed by atoms with Gasteiger partial charge in [-0.05, 0) is 31.0 Å². The molecule has 3 heteroatoms. The van der Waals surface area contributed by atoms with E-state index in [4.69, 9.17) is 17.3 Å². The molecule has 0 bridgehead atoms. The molecular weight excluding hydrogens is 196 g/mol. The van der Waals surface area contributed by atoms with Gasteiger partial charge in [0.1, 0.15) is 0 Å². The number of hydrogen-bond acceptors (Lipinski definition) is 2. The Hall–Kier alpha value is -1.28. The number of fused-ring (bicyclic) bond motifs is 1. The minimum Gasteiger partial charge on any atom is -0.396 e. The number of benzene rings is 1. The van der Waals surface area contributed by atoms with Crippen LogP contribution < -0.4 is 5.73 Å². The molecule has 0 aliphatic rings. The minimum absolute atomic E-state index is 0.533. The number of anilines is 1. The Kier molecular flexibility index (Phi) is 2.08. The van der Waals surface area contributed by atoms with Gasteiger partial charge in [-0.25, -0.2) is 0 Å². The van der Waals surface area contributed by atoms with Gasteiger partial charge < -0.3 is 5.73 Å². The number of nitrogen functional groups attached to an aromatic ring is 1. The minimum atomic E-state index is 0.533. The third-order valence-corrected chi connectivity index (χ3v) is 2.68. The standard InChI is InChI=1S/C11H11ClN2/c1-6-3-7(2)10-9(4-6)14-5-8(13)11(10)12/h3-5H,13H2,1-2H3. The van der Waals surface area contributed by atoms with E-state index < -0.39 is 0 Å². The lowest BCUT2D eigenvalue weighted by Crippen LogP contribution is -1.92. The van der Waals surface area contributed by atoms with Crippen molar-refractivity contribution in [2.24, 2.45) is 0 Å². The van der Waals surface area contributed by atoms with Crippen molar-refractivity contribution in [2.75, 3.05) is 5.73 Å². The van der Waals surface area contributed by atoms with E-state index in [0.717, 1.165) is 16.5 Å². The molecule has 14 heavy (non-hydrogen) atoms. The lowest BCUT2D eigenvalue weighted by molar-refractivity contribution is 1.36. The molecule has 2 nitrogen and oxygen atoms in total. The molecule has 0 aliphatic carbocycles. The van der Waals surface area contributed by atoms with E-state index in [0.29, 0.717) is 10.7 Å². The van der Waals surface area contributed by atoms with Crippen molar-refractivity contribution in [1.29, 1.82) is 0 Å². The molecular formula is C11H11ClN2. The highest BCUT2D eigenvalue weighted by atomic mass is 35.5. The third kappa shape index (κ3) is 1.32. The molecule has 0 spiro atoms. The summed E-state index contributed by atoms with van der Waals surface area (Å²) in [6, 6.07) is 4.09. The highest BCUT2D eigenvalue weighted by Crippen LogP contribution is 2.30. The third-order valence-electron chi connectivity index (χ3n) is 2.27. The number of aromatic nitrogens is 1.